The standard InChI is InChI=1S/C23H22F5NO4/c1-11(2)22(15(30)9-13(23(32)33)8-12-6-4-3-5-7-12)29-16(31)10-14-17(24)19(26)21(28)20(27)18(14)25/h3-7,11,13,22H,8-10H2,1-2H3,(H,29,31)(H,32,33)/t13-,22+/m1/s1. The van der Waals surface area contributed by atoms with Crippen LogP contribution in [-0.4, -0.2) is 28.8 Å². The molecule has 0 aliphatic heterocycles. The van der Waals surface area contributed by atoms with E-state index in [4.69, 9.17) is 0 Å². The van der Waals surface area contributed by atoms with Gasteiger partial charge >= 0.3 is 5.97 Å². The van der Waals surface area contributed by atoms with E-state index in [1.54, 1.807) is 44.2 Å². The molecule has 0 radical (unpaired) electrons. The first kappa shape index (κ1) is 26.0. The fraction of sp³-hybridized carbons (Fsp3) is 0.348. The highest BCUT2D eigenvalue weighted by Crippen LogP contribution is 2.24. The Morgan fingerprint density at radius 3 is 1.88 bits per heavy atom. The predicted octanol–water partition coefficient (Wildman–Crippen LogP) is 3.97. The van der Waals surface area contributed by atoms with Crippen LogP contribution in [0.2, 0.25) is 0 Å². The molecule has 0 aliphatic carbocycles. The Kier molecular flexibility index (Phi) is 8.67. The van der Waals surface area contributed by atoms with Crippen molar-refractivity contribution in [1.82, 2.24) is 5.32 Å². The fourth-order valence-electron chi connectivity index (χ4n) is 3.32. The number of hydrogen-bond acceptors (Lipinski definition) is 3. The maximum absolute atomic E-state index is 13.9. The van der Waals surface area contributed by atoms with Crippen molar-refractivity contribution in [2.24, 2.45) is 11.8 Å². The molecule has 1 amide bonds. The van der Waals surface area contributed by atoms with Crippen LogP contribution in [0, 0.1) is 40.9 Å². The van der Waals surface area contributed by atoms with Crippen molar-refractivity contribution in [3.05, 3.63) is 70.5 Å². The van der Waals surface area contributed by atoms with E-state index in [0.29, 0.717) is 5.56 Å². The number of carbonyl (C=O) groups excluding carboxylic acids is 2. The van der Waals surface area contributed by atoms with Gasteiger partial charge in [0.05, 0.1) is 18.4 Å². The summed E-state index contributed by atoms with van der Waals surface area (Å²) < 4.78 is 67.6. The number of aliphatic carboxylic acids is 1. The van der Waals surface area contributed by atoms with E-state index in [1.165, 1.54) is 0 Å². The number of carboxylic acid groups (broad SMARTS) is 1. The molecule has 0 aliphatic rings. The topological polar surface area (TPSA) is 83.5 Å². The SMILES string of the molecule is CC(C)[C@H](NC(=O)Cc1c(F)c(F)c(F)c(F)c1F)C(=O)C[C@@H](Cc1ccccc1)C(=O)O. The summed E-state index contributed by atoms with van der Waals surface area (Å²) in [5.74, 6) is -15.6. The molecule has 0 saturated carbocycles. The van der Waals surface area contributed by atoms with E-state index < -0.39 is 83.0 Å². The second-order valence-electron chi connectivity index (χ2n) is 7.91. The monoisotopic (exact) mass is 471 g/mol. The van der Waals surface area contributed by atoms with E-state index in [1.807, 2.05) is 0 Å². The summed E-state index contributed by atoms with van der Waals surface area (Å²) in [7, 11) is 0. The first-order chi connectivity index (χ1) is 15.4. The van der Waals surface area contributed by atoms with Crippen LogP contribution >= 0.6 is 0 Å². The first-order valence-electron chi connectivity index (χ1n) is 10.0. The van der Waals surface area contributed by atoms with Crippen LogP contribution in [0.15, 0.2) is 30.3 Å². The maximum atomic E-state index is 13.9. The third-order valence-corrected chi connectivity index (χ3v) is 5.09. The average Bonchev–Trinajstić information content (AvgIpc) is 2.77. The third kappa shape index (κ3) is 6.36. The zero-order valence-corrected chi connectivity index (χ0v) is 17.8. The summed E-state index contributed by atoms with van der Waals surface area (Å²) in [5.41, 5.74) is -0.638. The lowest BCUT2D eigenvalue weighted by atomic mass is 9.89. The number of rotatable bonds is 10. The number of nitrogens with one attached hydrogen (secondary N) is 1. The molecule has 10 heteroatoms. The van der Waals surface area contributed by atoms with Crippen molar-refractivity contribution in [3.8, 4) is 0 Å². The molecule has 0 unspecified atom stereocenters. The van der Waals surface area contributed by atoms with Crippen molar-refractivity contribution in [3.63, 3.8) is 0 Å². The molecule has 0 aromatic heterocycles. The molecule has 0 saturated heterocycles. The first-order valence-corrected chi connectivity index (χ1v) is 10.0. The molecule has 5 nitrogen and oxygen atoms in total. The zero-order chi connectivity index (χ0) is 24.9. The van der Waals surface area contributed by atoms with Gasteiger partial charge in [0.25, 0.3) is 0 Å². The second kappa shape index (κ2) is 11.0. The Morgan fingerprint density at radius 1 is 0.879 bits per heavy atom. The van der Waals surface area contributed by atoms with Gasteiger partial charge in [-0.25, -0.2) is 22.0 Å². The minimum absolute atomic E-state index is 0.0607. The third-order valence-electron chi connectivity index (χ3n) is 5.09. The Hall–Kier alpha value is -3.30. The minimum Gasteiger partial charge on any atom is -0.481 e. The van der Waals surface area contributed by atoms with Gasteiger partial charge in [-0.2, -0.15) is 0 Å². The summed E-state index contributed by atoms with van der Waals surface area (Å²) in [6, 6.07) is 7.35. The van der Waals surface area contributed by atoms with Gasteiger partial charge in [0.15, 0.2) is 29.1 Å². The van der Waals surface area contributed by atoms with E-state index in [9.17, 15) is 41.4 Å². The highest BCUT2D eigenvalue weighted by atomic mass is 19.2. The van der Waals surface area contributed by atoms with Gasteiger partial charge in [-0.1, -0.05) is 44.2 Å². The smallest absolute Gasteiger partial charge is 0.307 e. The largest absolute Gasteiger partial charge is 0.481 e. The van der Waals surface area contributed by atoms with Crippen LogP contribution < -0.4 is 5.32 Å². The molecular formula is C23H22F5NO4. The maximum Gasteiger partial charge on any atom is 0.307 e. The predicted molar refractivity (Wildman–Crippen MR) is 108 cm³/mol. The van der Waals surface area contributed by atoms with Crippen molar-refractivity contribution < 1.29 is 41.4 Å². The molecule has 0 bridgehead atoms. The quantitative estimate of drug-likeness (QED) is 0.312. The van der Waals surface area contributed by atoms with E-state index in [2.05, 4.69) is 5.32 Å². The summed E-state index contributed by atoms with van der Waals surface area (Å²) in [6.07, 6.45) is -1.57. The number of carboxylic acids is 1. The Balaban J connectivity index is 2.16. The van der Waals surface area contributed by atoms with Gasteiger partial charge in [0, 0.05) is 12.0 Å². The van der Waals surface area contributed by atoms with Crippen LogP contribution in [0.4, 0.5) is 22.0 Å². The molecule has 2 atom stereocenters. The molecule has 33 heavy (non-hydrogen) atoms. The average molecular weight is 471 g/mol. The summed E-state index contributed by atoms with van der Waals surface area (Å²) in [5, 5.41) is 11.7. The van der Waals surface area contributed by atoms with Gasteiger partial charge in [-0.3, -0.25) is 14.4 Å². The zero-order valence-electron chi connectivity index (χ0n) is 17.8. The molecule has 2 N–H and O–H groups in total. The van der Waals surface area contributed by atoms with Crippen molar-refractivity contribution >= 4 is 17.7 Å². The van der Waals surface area contributed by atoms with Crippen LogP contribution in [0.25, 0.3) is 0 Å². The van der Waals surface area contributed by atoms with Crippen LogP contribution in [-0.2, 0) is 27.2 Å². The second-order valence-corrected chi connectivity index (χ2v) is 7.91. The number of hydrogen-bond donors (Lipinski definition) is 2. The van der Waals surface area contributed by atoms with Crippen LogP contribution in [0.3, 0.4) is 0 Å². The Bertz CT molecular complexity index is 1010. The fourth-order valence-corrected chi connectivity index (χ4v) is 3.32. The number of benzene rings is 2. The van der Waals surface area contributed by atoms with Crippen molar-refractivity contribution in [2.45, 2.75) is 39.2 Å². The van der Waals surface area contributed by atoms with Crippen molar-refractivity contribution in [2.75, 3.05) is 0 Å². The molecule has 2 aromatic rings. The van der Waals surface area contributed by atoms with Gasteiger partial charge in [0.2, 0.25) is 11.7 Å². The van der Waals surface area contributed by atoms with E-state index in [-0.39, 0.29) is 6.42 Å². The van der Waals surface area contributed by atoms with Gasteiger partial charge in [0.1, 0.15) is 0 Å². The van der Waals surface area contributed by atoms with Crippen molar-refractivity contribution in [1.29, 1.82) is 0 Å². The summed E-state index contributed by atoms with van der Waals surface area (Å²) in [6.45, 7) is 3.10. The number of halogens is 5. The number of Topliss-reactive ketones (excluding diaryl/α,β-unsaturated/α-hetero) is 1. The van der Waals surface area contributed by atoms with E-state index >= 15 is 0 Å². The Morgan fingerprint density at radius 2 is 1.39 bits per heavy atom. The normalized spacial score (nSPS) is 13.0. The molecule has 2 rings (SSSR count). The highest BCUT2D eigenvalue weighted by Gasteiger charge is 2.31. The molecule has 0 fully saturated rings. The van der Waals surface area contributed by atoms with Gasteiger partial charge in [-0.05, 0) is 17.9 Å². The number of carbonyl (C=O) groups is 3. The lowest BCUT2D eigenvalue weighted by Crippen LogP contribution is -2.46. The molecule has 2 aromatic carbocycles. The van der Waals surface area contributed by atoms with Gasteiger partial charge < -0.3 is 10.4 Å². The number of amides is 1. The van der Waals surface area contributed by atoms with Crippen LogP contribution in [0.5, 0.6) is 0 Å². The molecular weight excluding hydrogens is 449 g/mol. The van der Waals surface area contributed by atoms with Gasteiger partial charge in [-0.15, -0.1) is 0 Å². The summed E-state index contributed by atoms with van der Waals surface area (Å²) >= 11 is 0. The summed E-state index contributed by atoms with van der Waals surface area (Å²) in [4.78, 5) is 36.7. The minimum atomic E-state index is -2.34. The van der Waals surface area contributed by atoms with Crippen LogP contribution in [0.1, 0.15) is 31.4 Å². The molecule has 0 spiro atoms. The lowest BCUT2D eigenvalue weighted by molar-refractivity contribution is -0.144. The lowest BCUT2D eigenvalue weighted by Gasteiger charge is -2.23. The highest BCUT2D eigenvalue weighted by molar-refractivity contribution is 5.92. The molecule has 178 valence electrons. The van der Waals surface area contributed by atoms with E-state index in [0.717, 1.165) is 0 Å². The molecule has 0 heterocycles. The Labute approximate surface area is 186 Å². The number of ketones is 1.